The van der Waals surface area contributed by atoms with Gasteiger partial charge < -0.3 is 15.0 Å². The van der Waals surface area contributed by atoms with E-state index >= 15 is 0 Å². The van der Waals surface area contributed by atoms with Crippen molar-refractivity contribution in [3.05, 3.63) is 29.8 Å². The monoisotopic (exact) mass is 310 g/mol. The molecule has 2 heterocycles. The quantitative estimate of drug-likeness (QED) is 0.927. The van der Waals surface area contributed by atoms with Crippen molar-refractivity contribution < 1.29 is 9.53 Å². The lowest BCUT2D eigenvalue weighted by Crippen LogP contribution is -2.34. The molecule has 0 aromatic heterocycles. The van der Waals surface area contributed by atoms with Gasteiger partial charge in [0.05, 0.1) is 13.5 Å². The van der Waals surface area contributed by atoms with Crippen LogP contribution in [0.1, 0.15) is 18.4 Å². The third kappa shape index (κ3) is 3.50. The zero-order valence-electron chi connectivity index (χ0n) is 12.4. The molecule has 1 N–H and O–H groups in total. The van der Waals surface area contributed by atoms with Gasteiger partial charge in [0.15, 0.2) is 0 Å². The van der Waals surface area contributed by atoms with Crippen molar-refractivity contribution in [1.29, 1.82) is 0 Å². The van der Waals surface area contributed by atoms with E-state index < -0.39 is 0 Å². The molecule has 0 aliphatic carbocycles. The second-order valence-electron chi connectivity index (χ2n) is 6.02. The fourth-order valence-electron chi connectivity index (χ4n) is 3.36. The van der Waals surface area contributed by atoms with E-state index in [-0.39, 0.29) is 18.3 Å². The first-order valence-electron chi connectivity index (χ1n) is 7.32. The third-order valence-corrected chi connectivity index (χ3v) is 4.61. The van der Waals surface area contributed by atoms with Crippen molar-refractivity contribution in [2.45, 2.75) is 19.3 Å². The lowest BCUT2D eigenvalue weighted by molar-refractivity contribution is -0.129. The molecule has 2 saturated heterocycles. The van der Waals surface area contributed by atoms with E-state index in [1.165, 1.54) is 6.42 Å². The summed E-state index contributed by atoms with van der Waals surface area (Å²) < 4.78 is 5.20. The zero-order valence-corrected chi connectivity index (χ0v) is 13.2. The Balaban J connectivity index is 0.00000161. The molecule has 1 unspecified atom stereocenters. The molecule has 5 heteroatoms. The molecule has 1 amide bonds. The number of hydrogen-bond acceptors (Lipinski definition) is 3. The zero-order chi connectivity index (χ0) is 14.0. The van der Waals surface area contributed by atoms with Crippen LogP contribution in [0.15, 0.2) is 24.3 Å². The van der Waals surface area contributed by atoms with Gasteiger partial charge in [-0.3, -0.25) is 4.79 Å². The molecule has 0 saturated carbocycles. The molecule has 116 valence electrons. The summed E-state index contributed by atoms with van der Waals surface area (Å²) in [6.07, 6.45) is 2.82. The number of nitrogens with one attached hydrogen (secondary N) is 1. The highest BCUT2D eigenvalue weighted by atomic mass is 35.5. The van der Waals surface area contributed by atoms with Gasteiger partial charge in [-0.2, -0.15) is 0 Å². The average Bonchev–Trinajstić information content (AvgIpc) is 3.10. The molecule has 0 radical (unpaired) electrons. The van der Waals surface area contributed by atoms with Crippen molar-refractivity contribution in [2.75, 3.05) is 33.3 Å². The second-order valence-corrected chi connectivity index (χ2v) is 6.02. The Morgan fingerprint density at radius 2 is 2.29 bits per heavy atom. The summed E-state index contributed by atoms with van der Waals surface area (Å²) in [5.41, 5.74) is 1.38. The molecule has 21 heavy (non-hydrogen) atoms. The maximum absolute atomic E-state index is 12.4. The largest absolute Gasteiger partial charge is 0.497 e. The van der Waals surface area contributed by atoms with Crippen molar-refractivity contribution in [3.63, 3.8) is 0 Å². The fourth-order valence-corrected chi connectivity index (χ4v) is 3.36. The summed E-state index contributed by atoms with van der Waals surface area (Å²) in [6, 6.07) is 7.78. The Hall–Kier alpha value is -1.26. The Labute approximate surface area is 132 Å². The molecular weight excluding hydrogens is 288 g/mol. The van der Waals surface area contributed by atoms with Crippen LogP contribution >= 0.6 is 12.4 Å². The van der Waals surface area contributed by atoms with E-state index in [4.69, 9.17) is 4.74 Å². The average molecular weight is 311 g/mol. The molecule has 0 bridgehead atoms. The Bertz CT molecular complexity index is 501. The van der Waals surface area contributed by atoms with Gasteiger partial charge >= 0.3 is 0 Å². The van der Waals surface area contributed by atoms with Gasteiger partial charge in [0.2, 0.25) is 5.91 Å². The SMILES string of the molecule is COc1cccc(CC(=O)N2CCC3(CCNC3)C2)c1.Cl. The number of ether oxygens (including phenoxy) is 1. The number of methoxy groups -OCH3 is 1. The van der Waals surface area contributed by atoms with Gasteiger partial charge in [0, 0.05) is 25.0 Å². The lowest BCUT2D eigenvalue weighted by Gasteiger charge is -2.22. The van der Waals surface area contributed by atoms with Gasteiger partial charge in [-0.05, 0) is 37.1 Å². The number of benzene rings is 1. The first-order valence-corrected chi connectivity index (χ1v) is 7.32. The first kappa shape index (κ1) is 16.1. The van der Waals surface area contributed by atoms with Gasteiger partial charge in [0.25, 0.3) is 0 Å². The highest BCUT2D eigenvalue weighted by Crippen LogP contribution is 2.36. The van der Waals surface area contributed by atoms with Crippen molar-refractivity contribution in [1.82, 2.24) is 10.2 Å². The number of hydrogen-bond donors (Lipinski definition) is 1. The van der Waals surface area contributed by atoms with Crippen LogP contribution in [0.2, 0.25) is 0 Å². The molecule has 2 aliphatic rings. The van der Waals surface area contributed by atoms with E-state index in [1.54, 1.807) is 7.11 Å². The maximum atomic E-state index is 12.4. The number of carbonyl (C=O) groups is 1. The number of amides is 1. The van der Waals surface area contributed by atoms with Crippen LogP contribution in [0.5, 0.6) is 5.75 Å². The fraction of sp³-hybridized carbons (Fsp3) is 0.562. The van der Waals surface area contributed by atoms with E-state index in [1.807, 2.05) is 29.2 Å². The van der Waals surface area contributed by atoms with Gasteiger partial charge in [0.1, 0.15) is 5.75 Å². The number of likely N-dealkylation sites (tertiary alicyclic amines) is 1. The highest BCUT2D eigenvalue weighted by Gasteiger charge is 2.41. The Morgan fingerprint density at radius 1 is 1.43 bits per heavy atom. The molecule has 2 fully saturated rings. The summed E-state index contributed by atoms with van der Waals surface area (Å²) in [5.74, 6) is 1.05. The Morgan fingerprint density at radius 3 is 3.00 bits per heavy atom. The minimum absolute atomic E-state index is 0. The molecule has 1 aromatic rings. The number of halogens is 1. The van der Waals surface area contributed by atoms with Crippen LogP contribution in [-0.4, -0.2) is 44.1 Å². The van der Waals surface area contributed by atoms with Crippen molar-refractivity contribution in [3.8, 4) is 5.75 Å². The molecule has 4 nitrogen and oxygen atoms in total. The summed E-state index contributed by atoms with van der Waals surface area (Å²) in [6.45, 7) is 3.99. The normalized spacial score (nSPS) is 24.1. The van der Waals surface area contributed by atoms with Crippen LogP contribution in [0, 0.1) is 5.41 Å². The number of rotatable bonds is 3. The molecule has 1 atom stereocenters. The maximum Gasteiger partial charge on any atom is 0.227 e. The third-order valence-electron chi connectivity index (χ3n) is 4.61. The highest BCUT2D eigenvalue weighted by molar-refractivity contribution is 5.85. The topological polar surface area (TPSA) is 41.6 Å². The molecule has 1 spiro atoms. The summed E-state index contributed by atoms with van der Waals surface area (Å²) in [7, 11) is 1.65. The standard InChI is InChI=1S/C16H22N2O2.ClH/c1-20-14-4-2-3-13(9-14)10-15(19)18-8-6-16(12-18)5-7-17-11-16;/h2-4,9,17H,5-8,10-12H2,1H3;1H. The summed E-state index contributed by atoms with van der Waals surface area (Å²) >= 11 is 0. The molecule has 1 aromatic carbocycles. The molecular formula is C16H23ClN2O2. The summed E-state index contributed by atoms with van der Waals surface area (Å²) in [4.78, 5) is 14.5. The van der Waals surface area contributed by atoms with Crippen LogP contribution in [0.3, 0.4) is 0 Å². The van der Waals surface area contributed by atoms with Crippen LogP contribution in [0.25, 0.3) is 0 Å². The van der Waals surface area contributed by atoms with Crippen LogP contribution in [-0.2, 0) is 11.2 Å². The van der Waals surface area contributed by atoms with E-state index in [0.29, 0.717) is 11.8 Å². The molecule has 3 rings (SSSR count). The summed E-state index contributed by atoms with van der Waals surface area (Å²) in [5, 5.41) is 3.42. The molecule has 2 aliphatic heterocycles. The second kappa shape index (κ2) is 6.67. The van der Waals surface area contributed by atoms with Gasteiger partial charge in [-0.15, -0.1) is 12.4 Å². The Kier molecular flexibility index (Phi) is 5.12. The van der Waals surface area contributed by atoms with E-state index in [2.05, 4.69) is 5.32 Å². The van der Waals surface area contributed by atoms with Crippen LogP contribution < -0.4 is 10.1 Å². The van der Waals surface area contributed by atoms with Crippen LogP contribution in [0.4, 0.5) is 0 Å². The minimum atomic E-state index is 0. The number of carbonyl (C=O) groups excluding carboxylic acids is 1. The minimum Gasteiger partial charge on any atom is -0.497 e. The number of nitrogens with zero attached hydrogens (tertiary/aromatic N) is 1. The van der Waals surface area contributed by atoms with Gasteiger partial charge in [-0.1, -0.05) is 12.1 Å². The first-order chi connectivity index (χ1) is 9.71. The van der Waals surface area contributed by atoms with Crippen molar-refractivity contribution >= 4 is 18.3 Å². The van der Waals surface area contributed by atoms with E-state index in [0.717, 1.165) is 43.9 Å². The van der Waals surface area contributed by atoms with Gasteiger partial charge in [-0.25, -0.2) is 0 Å². The van der Waals surface area contributed by atoms with Crippen molar-refractivity contribution in [2.24, 2.45) is 5.41 Å². The predicted molar refractivity (Wildman–Crippen MR) is 85.1 cm³/mol. The predicted octanol–water partition coefficient (Wildman–Crippen LogP) is 1.87. The lowest BCUT2D eigenvalue weighted by atomic mass is 9.86. The smallest absolute Gasteiger partial charge is 0.227 e. The van der Waals surface area contributed by atoms with E-state index in [9.17, 15) is 4.79 Å².